The zero-order chi connectivity index (χ0) is 17.9. The molecule has 25 heavy (non-hydrogen) atoms. The Kier molecular flexibility index (Phi) is 8.43. The monoisotopic (exact) mass is 343 g/mol. The Balaban J connectivity index is 1.68. The van der Waals surface area contributed by atoms with E-state index in [2.05, 4.69) is 24.4 Å². The summed E-state index contributed by atoms with van der Waals surface area (Å²) in [5, 5.41) is 15.7. The summed E-state index contributed by atoms with van der Waals surface area (Å²) >= 11 is 0. The molecule has 0 amide bonds. The maximum atomic E-state index is 10.3. The van der Waals surface area contributed by atoms with Gasteiger partial charge in [-0.3, -0.25) is 0 Å². The van der Waals surface area contributed by atoms with Crippen LogP contribution in [0.5, 0.6) is 5.75 Å². The standard InChI is InChI=1S/C21H29NO3/c1-17(9-4-2-3-7-14-23)22-15-19(24)16-25-21-13-8-11-18-10-5-6-12-20(18)21/h5-6,8,10-14,17,19,22,24H,2-4,7,9,15-16H2,1H3. The van der Waals surface area contributed by atoms with Gasteiger partial charge in [-0.2, -0.15) is 0 Å². The SMILES string of the molecule is CC(CCCCCC=O)NCC(O)COc1cccc2ccccc12. The van der Waals surface area contributed by atoms with E-state index in [4.69, 9.17) is 4.74 Å². The predicted octanol–water partition coefficient (Wildman–Crippen LogP) is 3.71. The van der Waals surface area contributed by atoms with Crippen molar-refractivity contribution in [3.05, 3.63) is 42.5 Å². The molecular formula is C21H29NO3. The van der Waals surface area contributed by atoms with Crippen molar-refractivity contribution in [2.75, 3.05) is 13.2 Å². The number of aldehydes is 1. The van der Waals surface area contributed by atoms with E-state index in [0.717, 1.165) is 48.5 Å². The molecule has 0 heterocycles. The number of hydrogen-bond acceptors (Lipinski definition) is 4. The van der Waals surface area contributed by atoms with E-state index in [1.807, 2.05) is 30.3 Å². The van der Waals surface area contributed by atoms with Gasteiger partial charge in [0.25, 0.3) is 0 Å². The van der Waals surface area contributed by atoms with Crippen molar-refractivity contribution in [1.29, 1.82) is 0 Å². The first kappa shape index (κ1) is 19.4. The van der Waals surface area contributed by atoms with Gasteiger partial charge in [-0.1, -0.05) is 49.2 Å². The molecule has 4 heteroatoms. The minimum Gasteiger partial charge on any atom is -0.490 e. The number of nitrogens with one attached hydrogen (secondary N) is 1. The quantitative estimate of drug-likeness (QED) is 0.456. The number of aliphatic hydroxyl groups is 1. The Morgan fingerprint density at radius 3 is 2.76 bits per heavy atom. The van der Waals surface area contributed by atoms with E-state index >= 15 is 0 Å². The topological polar surface area (TPSA) is 58.6 Å². The lowest BCUT2D eigenvalue weighted by atomic mass is 10.1. The number of ether oxygens (including phenoxy) is 1. The van der Waals surface area contributed by atoms with Gasteiger partial charge >= 0.3 is 0 Å². The number of carbonyl (C=O) groups excluding carboxylic acids is 1. The highest BCUT2D eigenvalue weighted by Gasteiger charge is 2.09. The minimum atomic E-state index is -0.545. The third kappa shape index (κ3) is 6.85. The Labute approximate surface area is 150 Å². The van der Waals surface area contributed by atoms with Crippen molar-refractivity contribution in [2.24, 2.45) is 0 Å². The van der Waals surface area contributed by atoms with Gasteiger partial charge in [0.15, 0.2) is 0 Å². The van der Waals surface area contributed by atoms with Gasteiger partial charge in [0.2, 0.25) is 0 Å². The third-order valence-electron chi connectivity index (χ3n) is 4.34. The fourth-order valence-electron chi connectivity index (χ4n) is 2.86. The van der Waals surface area contributed by atoms with Crippen LogP contribution in [-0.4, -0.2) is 36.7 Å². The first-order valence-electron chi connectivity index (χ1n) is 9.16. The van der Waals surface area contributed by atoms with Crippen molar-refractivity contribution in [3.63, 3.8) is 0 Å². The average Bonchev–Trinajstić information content (AvgIpc) is 2.64. The maximum Gasteiger partial charge on any atom is 0.127 e. The lowest BCUT2D eigenvalue weighted by molar-refractivity contribution is -0.107. The first-order chi connectivity index (χ1) is 12.2. The largest absolute Gasteiger partial charge is 0.490 e. The predicted molar refractivity (Wildman–Crippen MR) is 102 cm³/mol. The van der Waals surface area contributed by atoms with E-state index in [0.29, 0.717) is 19.0 Å². The summed E-state index contributed by atoms with van der Waals surface area (Å²) < 4.78 is 5.82. The molecule has 0 fully saturated rings. The van der Waals surface area contributed by atoms with Gasteiger partial charge in [0.1, 0.15) is 24.7 Å². The van der Waals surface area contributed by atoms with Crippen molar-refractivity contribution in [1.82, 2.24) is 5.32 Å². The lowest BCUT2D eigenvalue weighted by Gasteiger charge is -2.18. The average molecular weight is 343 g/mol. The van der Waals surface area contributed by atoms with Crippen molar-refractivity contribution in [2.45, 2.75) is 51.2 Å². The Morgan fingerprint density at radius 1 is 1.12 bits per heavy atom. The van der Waals surface area contributed by atoms with Crippen LogP contribution in [-0.2, 0) is 4.79 Å². The molecule has 0 aliphatic heterocycles. The zero-order valence-corrected chi connectivity index (χ0v) is 15.0. The van der Waals surface area contributed by atoms with Gasteiger partial charge in [0, 0.05) is 24.4 Å². The summed E-state index contributed by atoms with van der Waals surface area (Å²) in [7, 11) is 0. The summed E-state index contributed by atoms with van der Waals surface area (Å²) in [6.45, 7) is 2.91. The summed E-state index contributed by atoms with van der Waals surface area (Å²) in [5.74, 6) is 0.806. The van der Waals surface area contributed by atoms with E-state index in [9.17, 15) is 9.90 Å². The Hall–Kier alpha value is -1.91. The van der Waals surface area contributed by atoms with E-state index < -0.39 is 6.10 Å². The highest BCUT2D eigenvalue weighted by molar-refractivity contribution is 5.88. The molecule has 0 radical (unpaired) electrons. The van der Waals surface area contributed by atoms with E-state index in [-0.39, 0.29) is 6.61 Å². The Bertz CT molecular complexity index is 639. The lowest BCUT2D eigenvalue weighted by Crippen LogP contribution is -2.36. The van der Waals surface area contributed by atoms with Crippen LogP contribution in [0.3, 0.4) is 0 Å². The summed E-state index contributed by atoms with van der Waals surface area (Å²) in [5.41, 5.74) is 0. The fourth-order valence-corrected chi connectivity index (χ4v) is 2.86. The minimum absolute atomic E-state index is 0.271. The van der Waals surface area contributed by atoms with Crippen LogP contribution < -0.4 is 10.1 Å². The molecule has 0 aliphatic rings. The highest BCUT2D eigenvalue weighted by Crippen LogP contribution is 2.25. The van der Waals surface area contributed by atoms with Crippen LogP contribution in [0.25, 0.3) is 10.8 Å². The smallest absolute Gasteiger partial charge is 0.127 e. The molecule has 2 N–H and O–H groups in total. The van der Waals surface area contributed by atoms with Gasteiger partial charge in [-0.05, 0) is 31.2 Å². The molecule has 0 bridgehead atoms. The number of hydrogen-bond donors (Lipinski definition) is 2. The zero-order valence-electron chi connectivity index (χ0n) is 15.0. The molecule has 2 aromatic rings. The van der Waals surface area contributed by atoms with Crippen molar-refractivity contribution in [3.8, 4) is 5.75 Å². The maximum absolute atomic E-state index is 10.3. The van der Waals surface area contributed by atoms with Gasteiger partial charge < -0.3 is 20.0 Å². The molecule has 2 unspecified atom stereocenters. The van der Waals surface area contributed by atoms with Crippen LogP contribution >= 0.6 is 0 Å². The number of aliphatic hydroxyl groups excluding tert-OH is 1. The van der Waals surface area contributed by atoms with Crippen molar-refractivity contribution >= 4 is 17.1 Å². The molecule has 0 spiro atoms. The molecule has 0 aliphatic carbocycles. The van der Waals surface area contributed by atoms with Gasteiger partial charge in [0.05, 0.1) is 0 Å². The van der Waals surface area contributed by atoms with Crippen molar-refractivity contribution < 1.29 is 14.6 Å². The number of unbranched alkanes of at least 4 members (excludes halogenated alkanes) is 3. The van der Waals surface area contributed by atoms with E-state index in [1.54, 1.807) is 0 Å². The molecule has 2 rings (SSSR count). The normalized spacial score (nSPS) is 13.5. The molecule has 0 saturated carbocycles. The first-order valence-corrected chi connectivity index (χ1v) is 9.16. The highest BCUT2D eigenvalue weighted by atomic mass is 16.5. The number of fused-ring (bicyclic) bond motifs is 1. The number of benzene rings is 2. The molecule has 136 valence electrons. The second-order valence-electron chi connectivity index (χ2n) is 6.56. The van der Waals surface area contributed by atoms with Crippen LogP contribution in [0.1, 0.15) is 39.0 Å². The summed E-state index contributed by atoms with van der Waals surface area (Å²) in [6, 6.07) is 14.4. The van der Waals surface area contributed by atoms with Crippen LogP contribution in [0.4, 0.5) is 0 Å². The van der Waals surface area contributed by atoms with Gasteiger partial charge in [-0.15, -0.1) is 0 Å². The molecule has 2 atom stereocenters. The van der Waals surface area contributed by atoms with Crippen LogP contribution in [0.15, 0.2) is 42.5 Å². The summed E-state index contributed by atoms with van der Waals surface area (Å²) in [4.78, 5) is 10.3. The molecule has 4 nitrogen and oxygen atoms in total. The number of carbonyl (C=O) groups is 1. The second kappa shape index (κ2) is 10.9. The van der Waals surface area contributed by atoms with Crippen LogP contribution in [0.2, 0.25) is 0 Å². The van der Waals surface area contributed by atoms with E-state index in [1.165, 1.54) is 0 Å². The number of rotatable bonds is 12. The fraction of sp³-hybridized carbons (Fsp3) is 0.476. The Morgan fingerprint density at radius 2 is 1.92 bits per heavy atom. The molecule has 2 aromatic carbocycles. The molecule has 0 aromatic heterocycles. The third-order valence-corrected chi connectivity index (χ3v) is 4.34. The van der Waals surface area contributed by atoms with Gasteiger partial charge in [-0.25, -0.2) is 0 Å². The second-order valence-corrected chi connectivity index (χ2v) is 6.56. The molecule has 0 saturated heterocycles. The summed E-state index contributed by atoms with van der Waals surface area (Å²) in [6.07, 6.45) is 5.30. The van der Waals surface area contributed by atoms with Crippen LogP contribution in [0, 0.1) is 0 Å². The molecular weight excluding hydrogens is 314 g/mol.